The highest BCUT2D eigenvalue weighted by Crippen LogP contribution is 2.05. The number of furan rings is 1. The molecule has 0 aliphatic heterocycles. The van der Waals surface area contributed by atoms with Crippen molar-refractivity contribution in [3.63, 3.8) is 0 Å². The standard InChI is InChI=1S/C14H13N3O2/c1-11(9-13-3-2-8-19-13)10-16-17-14(18)12-4-6-15-7-5-12/h2-10H,1H3,(H,17,18)/b11-9+,16-10+. The third kappa shape index (κ3) is 3.92. The number of aromatic nitrogens is 1. The molecular formula is C14H13N3O2. The molecule has 2 aromatic rings. The van der Waals surface area contributed by atoms with E-state index in [9.17, 15) is 4.79 Å². The summed E-state index contributed by atoms with van der Waals surface area (Å²) in [6.45, 7) is 1.87. The number of allylic oxidation sites excluding steroid dienone is 1. The Morgan fingerprint density at radius 2 is 2.16 bits per heavy atom. The third-order valence-electron chi connectivity index (χ3n) is 2.29. The minimum absolute atomic E-state index is 0.274. The number of hydrogen-bond acceptors (Lipinski definition) is 4. The van der Waals surface area contributed by atoms with Crippen LogP contribution in [-0.2, 0) is 0 Å². The molecule has 0 bridgehead atoms. The Balaban J connectivity index is 1.92. The van der Waals surface area contributed by atoms with Crippen molar-refractivity contribution in [3.8, 4) is 0 Å². The molecule has 1 amide bonds. The Kier molecular flexibility index (Phi) is 4.23. The second-order valence-electron chi connectivity index (χ2n) is 3.84. The molecule has 0 radical (unpaired) electrons. The number of amides is 1. The highest BCUT2D eigenvalue weighted by Gasteiger charge is 2.01. The van der Waals surface area contributed by atoms with Gasteiger partial charge < -0.3 is 4.42 Å². The highest BCUT2D eigenvalue weighted by atomic mass is 16.3. The topological polar surface area (TPSA) is 67.5 Å². The zero-order chi connectivity index (χ0) is 13.5. The SMILES string of the molecule is CC(/C=N/NC(=O)c1ccncc1)=C\c1ccco1. The van der Waals surface area contributed by atoms with Gasteiger partial charge in [0, 0.05) is 18.0 Å². The molecule has 1 N–H and O–H groups in total. The van der Waals surface area contributed by atoms with Crippen LogP contribution < -0.4 is 5.43 Å². The van der Waals surface area contributed by atoms with Gasteiger partial charge in [-0.3, -0.25) is 9.78 Å². The van der Waals surface area contributed by atoms with Crippen LogP contribution in [0.1, 0.15) is 23.0 Å². The van der Waals surface area contributed by atoms with Crippen molar-refractivity contribution in [1.29, 1.82) is 0 Å². The molecule has 0 aliphatic rings. The van der Waals surface area contributed by atoms with E-state index in [0.29, 0.717) is 5.56 Å². The van der Waals surface area contributed by atoms with Crippen molar-refractivity contribution in [2.45, 2.75) is 6.92 Å². The Morgan fingerprint density at radius 3 is 2.84 bits per heavy atom. The van der Waals surface area contributed by atoms with E-state index in [2.05, 4.69) is 15.5 Å². The molecule has 0 spiro atoms. The fraction of sp³-hybridized carbons (Fsp3) is 0.0714. The van der Waals surface area contributed by atoms with Crippen molar-refractivity contribution in [1.82, 2.24) is 10.4 Å². The summed E-state index contributed by atoms with van der Waals surface area (Å²) in [7, 11) is 0. The quantitative estimate of drug-likeness (QED) is 0.674. The molecule has 0 unspecified atom stereocenters. The molecule has 19 heavy (non-hydrogen) atoms. The summed E-state index contributed by atoms with van der Waals surface area (Å²) >= 11 is 0. The van der Waals surface area contributed by atoms with Crippen molar-refractivity contribution < 1.29 is 9.21 Å². The average molecular weight is 255 g/mol. The van der Waals surface area contributed by atoms with Gasteiger partial charge in [0.2, 0.25) is 0 Å². The molecule has 0 aliphatic carbocycles. The molecule has 96 valence electrons. The Morgan fingerprint density at radius 1 is 1.37 bits per heavy atom. The number of hydrazone groups is 1. The molecule has 2 aromatic heterocycles. The van der Waals surface area contributed by atoms with Gasteiger partial charge in [0.05, 0.1) is 12.5 Å². The maximum Gasteiger partial charge on any atom is 0.271 e. The van der Waals surface area contributed by atoms with Gasteiger partial charge in [-0.1, -0.05) is 0 Å². The van der Waals surface area contributed by atoms with E-state index in [1.807, 2.05) is 25.1 Å². The predicted molar refractivity (Wildman–Crippen MR) is 72.6 cm³/mol. The number of nitrogens with zero attached hydrogens (tertiary/aromatic N) is 2. The fourth-order valence-electron chi connectivity index (χ4n) is 1.40. The molecule has 5 heteroatoms. The summed E-state index contributed by atoms with van der Waals surface area (Å²) in [5.41, 5.74) is 3.82. The van der Waals surface area contributed by atoms with Crippen LogP contribution in [0.3, 0.4) is 0 Å². The lowest BCUT2D eigenvalue weighted by Gasteiger charge is -1.98. The van der Waals surface area contributed by atoms with Gasteiger partial charge in [0.15, 0.2) is 0 Å². The van der Waals surface area contributed by atoms with Crippen LogP contribution in [0.4, 0.5) is 0 Å². The van der Waals surface area contributed by atoms with Crippen LogP contribution in [-0.4, -0.2) is 17.1 Å². The van der Waals surface area contributed by atoms with Gasteiger partial charge in [-0.15, -0.1) is 0 Å². The Labute approximate surface area is 110 Å². The number of carbonyl (C=O) groups excluding carboxylic acids is 1. The number of rotatable bonds is 4. The minimum Gasteiger partial charge on any atom is -0.465 e. The average Bonchev–Trinajstić information content (AvgIpc) is 2.92. The van der Waals surface area contributed by atoms with Crippen molar-refractivity contribution in [2.24, 2.45) is 5.10 Å². The first-order valence-corrected chi connectivity index (χ1v) is 5.71. The zero-order valence-corrected chi connectivity index (χ0v) is 10.4. The molecule has 2 rings (SSSR count). The highest BCUT2D eigenvalue weighted by molar-refractivity contribution is 5.94. The number of nitrogens with one attached hydrogen (secondary N) is 1. The van der Waals surface area contributed by atoms with Crippen LogP contribution in [0.25, 0.3) is 6.08 Å². The van der Waals surface area contributed by atoms with E-state index in [0.717, 1.165) is 11.3 Å². The lowest BCUT2D eigenvalue weighted by Crippen LogP contribution is -2.17. The molecule has 0 atom stereocenters. The minimum atomic E-state index is -0.274. The third-order valence-corrected chi connectivity index (χ3v) is 2.29. The first-order chi connectivity index (χ1) is 9.25. The van der Waals surface area contributed by atoms with E-state index >= 15 is 0 Å². The van der Waals surface area contributed by atoms with Crippen molar-refractivity contribution in [3.05, 3.63) is 59.8 Å². The number of carbonyl (C=O) groups is 1. The fourth-order valence-corrected chi connectivity index (χ4v) is 1.40. The summed E-state index contributed by atoms with van der Waals surface area (Å²) in [5.74, 6) is 0.467. The summed E-state index contributed by atoms with van der Waals surface area (Å²) in [4.78, 5) is 15.5. The van der Waals surface area contributed by atoms with E-state index in [-0.39, 0.29) is 5.91 Å². The lowest BCUT2D eigenvalue weighted by atomic mass is 10.2. The van der Waals surface area contributed by atoms with Gasteiger partial charge in [0.1, 0.15) is 5.76 Å². The molecule has 5 nitrogen and oxygen atoms in total. The van der Waals surface area contributed by atoms with E-state index < -0.39 is 0 Å². The van der Waals surface area contributed by atoms with E-state index in [1.54, 1.807) is 37.0 Å². The van der Waals surface area contributed by atoms with Gasteiger partial charge in [0.25, 0.3) is 5.91 Å². The molecule has 0 saturated carbocycles. The molecule has 0 aromatic carbocycles. The monoisotopic (exact) mass is 255 g/mol. The summed E-state index contributed by atoms with van der Waals surface area (Å²) < 4.78 is 5.17. The van der Waals surface area contributed by atoms with Gasteiger partial charge in [-0.2, -0.15) is 5.10 Å². The number of hydrogen-bond donors (Lipinski definition) is 1. The zero-order valence-electron chi connectivity index (χ0n) is 10.4. The van der Waals surface area contributed by atoms with Crippen LogP contribution in [0, 0.1) is 0 Å². The normalized spacial score (nSPS) is 11.7. The van der Waals surface area contributed by atoms with Gasteiger partial charge in [-0.25, -0.2) is 5.43 Å². The molecule has 0 fully saturated rings. The molecule has 0 saturated heterocycles. The van der Waals surface area contributed by atoms with Gasteiger partial charge in [-0.05, 0) is 42.8 Å². The van der Waals surface area contributed by atoms with Crippen LogP contribution >= 0.6 is 0 Å². The molecule has 2 heterocycles. The predicted octanol–water partition coefficient (Wildman–Crippen LogP) is 2.49. The van der Waals surface area contributed by atoms with E-state index in [4.69, 9.17) is 4.42 Å². The maximum absolute atomic E-state index is 11.7. The van der Waals surface area contributed by atoms with Crippen LogP contribution in [0.2, 0.25) is 0 Å². The van der Waals surface area contributed by atoms with Crippen molar-refractivity contribution >= 4 is 18.2 Å². The Bertz CT molecular complexity index is 586. The Hall–Kier alpha value is -2.69. The molecular weight excluding hydrogens is 242 g/mol. The largest absolute Gasteiger partial charge is 0.465 e. The van der Waals surface area contributed by atoms with E-state index in [1.165, 1.54) is 0 Å². The van der Waals surface area contributed by atoms with Crippen molar-refractivity contribution in [2.75, 3.05) is 0 Å². The summed E-state index contributed by atoms with van der Waals surface area (Å²) in [5, 5.41) is 3.87. The number of pyridine rings is 1. The second kappa shape index (κ2) is 6.30. The summed E-state index contributed by atoms with van der Waals surface area (Å²) in [6, 6.07) is 6.89. The summed E-state index contributed by atoms with van der Waals surface area (Å²) in [6.07, 6.45) is 8.09. The van der Waals surface area contributed by atoms with Gasteiger partial charge >= 0.3 is 0 Å². The maximum atomic E-state index is 11.7. The first-order valence-electron chi connectivity index (χ1n) is 5.71. The smallest absolute Gasteiger partial charge is 0.271 e. The van der Waals surface area contributed by atoms with Crippen LogP contribution in [0.5, 0.6) is 0 Å². The lowest BCUT2D eigenvalue weighted by molar-refractivity contribution is 0.0955. The second-order valence-corrected chi connectivity index (χ2v) is 3.84. The van der Waals surface area contributed by atoms with Crippen LogP contribution in [0.15, 0.2) is 58.0 Å². The first kappa shape index (κ1) is 12.8.